The van der Waals surface area contributed by atoms with E-state index in [0.29, 0.717) is 0 Å². The van der Waals surface area contributed by atoms with Crippen molar-refractivity contribution in [3.63, 3.8) is 0 Å². The third-order valence-electron chi connectivity index (χ3n) is 6.49. The molecule has 0 aliphatic heterocycles. The monoisotopic (exact) mass is 392 g/mol. The summed E-state index contributed by atoms with van der Waals surface area (Å²) in [5, 5.41) is 0. The van der Waals surface area contributed by atoms with E-state index in [-0.39, 0.29) is 5.92 Å². The highest BCUT2D eigenvalue weighted by Crippen LogP contribution is 2.48. The van der Waals surface area contributed by atoms with Crippen LogP contribution in [0.3, 0.4) is 0 Å². The summed E-state index contributed by atoms with van der Waals surface area (Å²) in [5.74, 6) is 0.229. The number of hydrogen-bond acceptors (Lipinski definition) is 0. The van der Waals surface area contributed by atoms with Crippen LogP contribution in [-0.4, -0.2) is 0 Å². The molecule has 3 aliphatic rings. The van der Waals surface area contributed by atoms with E-state index >= 15 is 0 Å². The molecule has 0 saturated heterocycles. The van der Waals surface area contributed by atoms with Crippen LogP contribution in [0.1, 0.15) is 47.9 Å². The summed E-state index contributed by atoms with van der Waals surface area (Å²) >= 11 is 0. The maximum atomic E-state index is 12.9. The summed E-state index contributed by atoms with van der Waals surface area (Å²) < 4.78 is 38.7. The smallest absolute Gasteiger partial charge is 0.166 e. The van der Waals surface area contributed by atoms with Crippen LogP contribution in [0, 0.1) is 5.92 Å². The quantitative estimate of drug-likeness (QED) is 0.502. The predicted octanol–water partition coefficient (Wildman–Crippen LogP) is 7.31. The van der Waals surface area contributed by atoms with Crippen LogP contribution in [0.4, 0.5) is 13.2 Å². The molecule has 3 aliphatic carbocycles. The summed E-state index contributed by atoms with van der Waals surface area (Å²) in [6, 6.07) is 14.3. The standard InChI is InChI=1S/C26H23F3/c27-26(28,29)20-12-9-17(10-13-20)15-19-16-25-21-6-2-1-5-18(21)11-14-24(25)23-8-4-3-7-22(19)23/h1-2,5-7,9-10,12-13,16,19H,3-4,8,11,14-15H2. The zero-order valence-electron chi connectivity index (χ0n) is 16.2. The maximum absolute atomic E-state index is 12.9. The fourth-order valence-corrected chi connectivity index (χ4v) is 5.11. The number of fused-ring (bicyclic) bond motifs is 4. The number of alkyl halides is 3. The Kier molecular flexibility index (Phi) is 4.49. The molecule has 0 fully saturated rings. The molecule has 2 aromatic carbocycles. The minimum atomic E-state index is -4.28. The van der Waals surface area contributed by atoms with Gasteiger partial charge in [0.1, 0.15) is 0 Å². The lowest BCUT2D eigenvalue weighted by Crippen LogP contribution is -2.20. The van der Waals surface area contributed by atoms with Gasteiger partial charge in [-0.1, -0.05) is 48.6 Å². The molecule has 3 heteroatoms. The van der Waals surface area contributed by atoms with Gasteiger partial charge in [-0.05, 0) is 89.6 Å². The second kappa shape index (κ2) is 7.05. The molecule has 2 aromatic rings. The van der Waals surface area contributed by atoms with Crippen LogP contribution < -0.4 is 0 Å². The molecule has 0 spiro atoms. The molecule has 5 rings (SSSR count). The second-order valence-corrected chi connectivity index (χ2v) is 8.25. The van der Waals surface area contributed by atoms with Crippen molar-refractivity contribution in [1.82, 2.24) is 0 Å². The lowest BCUT2D eigenvalue weighted by molar-refractivity contribution is -0.137. The Morgan fingerprint density at radius 2 is 1.66 bits per heavy atom. The number of hydrogen-bond donors (Lipinski definition) is 0. The largest absolute Gasteiger partial charge is 0.416 e. The molecule has 1 unspecified atom stereocenters. The van der Waals surface area contributed by atoms with Gasteiger partial charge in [0.05, 0.1) is 5.56 Å². The zero-order chi connectivity index (χ0) is 20.0. The summed E-state index contributed by atoms with van der Waals surface area (Å²) in [6.45, 7) is 0. The highest BCUT2D eigenvalue weighted by molar-refractivity contribution is 5.86. The van der Waals surface area contributed by atoms with Crippen LogP contribution in [-0.2, 0) is 19.0 Å². The molecule has 0 amide bonds. The van der Waals surface area contributed by atoms with Gasteiger partial charge in [0.2, 0.25) is 0 Å². The lowest BCUT2D eigenvalue weighted by atomic mass is 9.69. The molecule has 0 saturated carbocycles. The van der Waals surface area contributed by atoms with Crippen LogP contribution >= 0.6 is 0 Å². The molecule has 29 heavy (non-hydrogen) atoms. The van der Waals surface area contributed by atoms with Crippen LogP contribution in [0.15, 0.2) is 77.4 Å². The van der Waals surface area contributed by atoms with Gasteiger partial charge in [-0.2, -0.15) is 13.2 Å². The highest BCUT2D eigenvalue weighted by atomic mass is 19.4. The van der Waals surface area contributed by atoms with E-state index in [2.05, 4.69) is 36.4 Å². The van der Waals surface area contributed by atoms with E-state index in [4.69, 9.17) is 0 Å². The molecule has 0 heterocycles. The van der Waals surface area contributed by atoms with Crippen molar-refractivity contribution in [2.24, 2.45) is 5.92 Å². The first kappa shape index (κ1) is 18.5. The van der Waals surface area contributed by atoms with Crippen LogP contribution in [0.5, 0.6) is 0 Å². The minimum absolute atomic E-state index is 0.229. The SMILES string of the molecule is FC(F)(F)c1ccc(CC2C=C3C(=C4CCCC=C42)CCc2ccccc23)cc1. The topological polar surface area (TPSA) is 0 Å². The van der Waals surface area contributed by atoms with Crippen LogP contribution in [0.25, 0.3) is 5.57 Å². The maximum Gasteiger partial charge on any atom is 0.416 e. The van der Waals surface area contributed by atoms with E-state index in [1.54, 1.807) is 12.1 Å². The number of rotatable bonds is 2. The summed E-state index contributed by atoms with van der Waals surface area (Å²) in [6.07, 6.45) is 6.77. The molecule has 0 aromatic heterocycles. The highest BCUT2D eigenvalue weighted by Gasteiger charge is 2.32. The Morgan fingerprint density at radius 3 is 2.45 bits per heavy atom. The molecular formula is C26H23F3. The first-order chi connectivity index (χ1) is 14.0. The molecule has 1 atom stereocenters. The van der Waals surface area contributed by atoms with Crippen molar-refractivity contribution in [2.75, 3.05) is 0 Å². The van der Waals surface area contributed by atoms with Crippen molar-refractivity contribution in [1.29, 1.82) is 0 Å². The number of benzene rings is 2. The first-order valence-electron chi connectivity index (χ1n) is 10.4. The third-order valence-corrected chi connectivity index (χ3v) is 6.49. The van der Waals surface area contributed by atoms with Gasteiger partial charge in [-0.25, -0.2) is 0 Å². The Balaban J connectivity index is 1.53. The zero-order valence-corrected chi connectivity index (χ0v) is 16.2. The molecular weight excluding hydrogens is 369 g/mol. The lowest BCUT2D eigenvalue weighted by Gasteiger charge is -2.35. The Bertz CT molecular complexity index is 1030. The Hall–Kier alpha value is -2.55. The van der Waals surface area contributed by atoms with Gasteiger partial charge in [0.25, 0.3) is 0 Å². The minimum Gasteiger partial charge on any atom is -0.166 e. The molecule has 0 bridgehead atoms. The number of aryl methyl sites for hydroxylation is 1. The average molecular weight is 392 g/mol. The van der Waals surface area contributed by atoms with E-state index in [0.717, 1.165) is 37.7 Å². The van der Waals surface area contributed by atoms with Gasteiger partial charge >= 0.3 is 6.18 Å². The van der Waals surface area contributed by atoms with Gasteiger partial charge in [0.15, 0.2) is 0 Å². The number of allylic oxidation sites excluding steroid dienone is 6. The third kappa shape index (κ3) is 3.37. The van der Waals surface area contributed by atoms with Gasteiger partial charge in [0, 0.05) is 5.92 Å². The summed E-state index contributed by atoms with van der Waals surface area (Å²) in [4.78, 5) is 0. The second-order valence-electron chi connectivity index (χ2n) is 8.25. The fourth-order valence-electron chi connectivity index (χ4n) is 5.11. The molecule has 0 radical (unpaired) electrons. The van der Waals surface area contributed by atoms with Crippen LogP contribution in [0.2, 0.25) is 0 Å². The van der Waals surface area contributed by atoms with Gasteiger partial charge in [-0.15, -0.1) is 0 Å². The van der Waals surface area contributed by atoms with Crippen molar-refractivity contribution in [3.8, 4) is 0 Å². The van der Waals surface area contributed by atoms with E-state index in [9.17, 15) is 13.2 Å². The predicted molar refractivity (Wildman–Crippen MR) is 110 cm³/mol. The van der Waals surface area contributed by atoms with Gasteiger partial charge in [-0.3, -0.25) is 0 Å². The molecule has 148 valence electrons. The fraction of sp³-hybridized carbons (Fsp3) is 0.308. The number of halogens is 3. The normalized spacial score (nSPS) is 21.0. The van der Waals surface area contributed by atoms with Gasteiger partial charge < -0.3 is 0 Å². The Morgan fingerprint density at radius 1 is 0.862 bits per heavy atom. The molecule has 0 N–H and O–H groups in total. The van der Waals surface area contributed by atoms with Crippen molar-refractivity contribution < 1.29 is 13.2 Å². The van der Waals surface area contributed by atoms with E-state index < -0.39 is 11.7 Å². The Labute approximate surface area is 169 Å². The van der Waals surface area contributed by atoms with Crippen molar-refractivity contribution in [2.45, 2.75) is 44.7 Å². The van der Waals surface area contributed by atoms with E-state index in [1.165, 1.54) is 52.0 Å². The summed E-state index contributed by atoms with van der Waals surface area (Å²) in [7, 11) is 0. The average Bonchev–Trinajstić information content (AvgIpc) is 2.73. The summed E-state index contributed by atoms with van der Waals surface area (Å²) in [5.41, 5.74) is 8.89. The van der Waals surface area contributed by atoms with E-state index in [1.807, 2.05) is 0 Å². The first-order valence-corrected chi connectivity index (χ1v) is 10.4. The van der Waals surface area contributed by atoms with Crippen molar-refractivity contribution >= 4 is 5.57 Å². The van der Waals surface area contributed by atoms with Crippen molar-refractivity contribution in [3.05, 3.63) is 99.7 Å². The molecule has 0 nitrogen and oxygen atoms in total.